The van der Waals surface area contributed by atoms with Crippen molar-refractivity contribution >= 4 is 23.2 Å². The van der Waals surface area contributed by atoms with E-state index < -0.39 is 6.04 Å². The molecule has 1 saturated carbocycles. The summed E-state index contributed by atoms with van der Waals surface area (Å²) in [5.41, 5.74) is 0.659. The average molecular weight is 565 g/mol. The van der Waals surface area contributed by atoms with Gasteiger partial charge in [-0.3, -0.25) is 9.59 Å². The number of tetrazole rings is 1. The van der Waals surface area contributed by atoms with E-state index in [0.29, 0.717) is 28.6 Å². The second-order valence-corrected chi connectivity index (χ2v) is 10.6. The van der Waals surface area contributed by atoms with Crippen molar-refractivity contribution < 1.29 is 23.5 Å². The first-order valence-corrected chi connectivity index (χ1v) is 14.1. The number of hydrogen-bond donors (Lipinski definition) is 1. The van der Waals surface area contributed by atoms with Gasteiger partial charge in [0.1, 0.15) is 18.3 Å². The second-order valence-electron chi connectivity index (χ2n) is 9.58. The van der Waals surface area contributed by atoms with Crippen molar-refractivity contribution in [2.75, 3.05) is 14.2 Å². The molecule has 0 spiro atoms. The summed E-state index contributed by atoms with van der Waals surface area (Å²) < 4.78 is 16.2. The Morgan fingerprint density at radius 3 is 2.65 bits per heavy atom. The summed E-state index contributed by atoms with van der Waals surface area (Å²) in [5.74, 6) is 1.46. The van der Waals surface area contributed by atoms with Crippen molar-refractivity contribution in [3.63, 3.8) is 0 Å². The van der Waals surface area contributed by atoms with E-state index in [4.69, 9.17) is 13.9 Å². The molecular formula is C28H32N6O5S. The van der Waals surface area contributed by atoms with Crippen molar-refractivity contribution in [1.29, 1.82) is 0 Å². The highest BCUT2D eigenvalue weighted by Gasteiger charge is 2.34. The number of hydrogen-bond acceptors (Lipinski definition) is 9. The Bertz CT molecular complexity index is 1400. The van der Waals surface area contributed by atoms with Crippen LogP contribution >= 0.6 is 11.3 Å². The summed E-state index contributed by atoms with van der Waals surface area (Å²) >= 11 is 1.44. The Labute approximate surface area is 236 Å². The number of methoxy groups -OCH3 is 2. The molecule has 5 rings (SSSR count). The summed E-state index contributed by atoms with van der Waals surface area (Å²) in [6.45, 7) is -0.0939. The minimum absolute atomic E-state index is 0.102. The number of furan rings is 1. The lowest BCUT2D eigenvalue weighted by Gasteiger charge is -2.32. The number of ether oxygens (including phenoxy) is 2. The number of thiophene rings is 1. The number of benzene rings is 1. The van der Waals surface area contributed by atoms with Gasteiger partial charge in [0.15, 0.2) is 11.5 Å². The van der Waals surface area contributed by atoms with Crippen LogP contribution in [0.2, 0.25) is 0 Å². The highest BCUT2D eigenvalue weighted by Crippen LogP contribution is 2.31. The average Bonchev–Trinajstić information content (AvgIpc) is 3.77. The highest BCUT2D eigenvalue weighted by atomic mass is 32.1. The van der Waals surface area contributed by atoms with Crippen molar-refractivity contribution in [3.8, 4) is 22.9 Å². The van der Waals surface area contributed by atoms with Gasteiger partial charge in [0.05, 0.1) is 27.0 Å². The SMILES string of the molecule is COc1ccc(-c2nnn(CC(=O)N(Cc3ccco3)[C@H](C(=O)NC3CCCCC3)c3cccs3)n2)cc1OC. The second kappa shape index (κ2) is 12.8. The van der Waals surface area contributed by atoms with Crippen molar-refractivity contribution in [1.82, 2.24) is 30.4 Å². The fourth-order valence-electron chi connectivity index (χ4n) is 4.91. The van der Waals surface area contributed by atoms with E-state index in [-0.39, 0.29) is 30.9 Å². The number of carbonyl (C=O) groups excluding carboxylic acids is 2. The molecule has 0 radical (unpaired) electrons. The van der Waals surface area contributed by atoms with E-state index in [2.05, 4.69) is 20.7 Å². The van der Waals surface area contributed by atoms with Gasteiger partial charge in [-0.25, -0.2) is 0 Å². The lowest BCUT2D eigenvalue weighted by molar-refractivity contribution is -0.143. The summed E-state index contributed by atoms with van der Waals surface area (Å²) in [6, 6.07) is 11.9. The van der Waals surface area contributed by atoms with Gasteiger partial charge in [-0.15, -0.1) is 21.5 Å². The van der Waals surface area contributed by atoms with Crippen LogP contribution in [0.1, 0.15) is 48.8 Å². The monoisotopic (exact) mass is 564 g/mol. The maximum absolute atomic E-state index is 13.8. The smallest absolute Gasteiger partial charge is 0.248 e. The Morgan fingerprint density at radius 1 is 1.12 bits per heavy atom. The third-order valence-electron chi connectivity index (χ3n) is 6.92. The van der Waals surface area contributed by atoms with Gasteiger partial charge >= 0.3 is 0 Å². The number of aromatic nitrogens is 4. The van der Waals surface area contributed by atoms with E-state index in [9.17, 15) is 9.59 Å². The summed E-state index contributed by atoms with van der Waals surface area (Å²) in [6.07, 6.45) is 6.79. The lowest BCUT2D eigenvalue weighted by atomic mass is 9.95. The Balaban J connectivity index is 1.40. The summed E-state index contributed by atoms with van der Waals surface area (Å²) in [5, 5.41) is 17.8. The van der Waals surface area contributed by atoms with Gasteiger partial charge in [-0.05, 0) is 59.8 Å². The minimum atomic E-state index is -0.826. The highest BCUT2D eigenvalue weighted by molar-refractivity contribution is 7.10. The maximum atomic E-state index is 13.8. The molecule has 1 aliphatic rings. The fraction of sp³-hybridized carbons (Fsp3) is 0.393. The van der Waals surface area contributed by atoms with Crippen LogP contribution in [0.4, 0.5) is 0 Å². The number of nitrogens with zero attached hydrogens (tertiary/aromatic N) is 5. The van der Waals surface area contributed by atoms with E-state index in [1.807, 2.05) is 17.5 Å². The molecule has 210 valence electrons. The molecule has 0 bridgehead atoms. The molecular weight excluding hydrogens is 532 g/mol. The van der Waals surface area contributed by atoms with Crippen LogP contribution < -0.4 is 14.8 Å². The van der Waals surface area contributed by atoms with Gasteiger partial charge in [0, 0.05) is 16.5 Å². The minimum Gasteiger partial charge on any atom is -0.493 e. The third kappa shape index (κ3) is 6.33. The van der Waals surface area contributed by atoms with Crippen LogP contribution in [-0.4, -0.2) is 57.2 Å². The van der Waals surface area contributed by atoms with Crippen molar-refractivity contribution in [3.05, 3.63) is 64.7 Å². The predicted octanol–water partition coefficient (Wildman–Crippen LogP) is 4.23. The Kier molecular flexibility index (Phi) is 8.74. The van der Waals surface area contributed by atoms with Gasteiger partial charge in [-0.1, -0.05) is 25.3 Å². The van der Waals surface area contributed by atoms with Crippen LogP contribution in [0, 0.1) is 0 Å². The zero-order valence-electron chi connectivity index (χ0n) is 22.5. The van der Waals surface area contributed by atoms with Crippen molar-refractivity contribution in [2.24, 2.45) is 0 Å². The molecule has 1 aliphatic carbocycles. The first-order chi connectivity index (χ1) is 19.6. The molecule has 2 amide bonds. The van der Waals surface area contributed by atoms with Crippen LogP contribution in [0.3, 0.4) is 0 Å². The van der Waals surface area contributed by atoms with Gasteiger partial charge < -0.3 is 24.1 Å². The number of rotatable bonds is 11. The molecule has 0 unspecified atom stereocenters. The zero-order valence-corrected chi connectivity index (χ0v) is 23.3. The molecule has 4 aromatic rings. The first kappa shape index (κ1) is 27.4. The quantitative estimate of drug-likeness (QED) is 0.287. The lowest BCUT2D eigenvalue weighted by Crippen LogP contribution is -2.47. The number of amides is 2. The molecule has 1 fully saturated rings. The van der Waals surface area contributed by atoms with Crippen LogP contribution in [0.15, 0.2) is 58.5 Å². The summed E-state index contributed by atoms with van der Waals surface area (Å²) in [4.78, 5) is 31.1. The summed E-state index contributed by atoms with van der Waals surface area (Å²) in [7, 11) is 3.11. The molecule has 40 heavy (non-hydrogen) atoms. The number of nitrogens with one attached hydrogen (secondary N) is 1. The van der Waals surface area contributed by atoms with E-state index in [0.717, 1.165) is 30.6 Å². The fourth-order valence-corrected chi connectivity index (χ4v) is 5.74. The normalized spacial score (nSPS) is 14.4. The van der Waals surface area contributed by atoms with Crippen molar-refractivity contribution in [2.45, 2.75) is 57.3 Å². The van der Waals surface area contributed by atoms with E-state index in [1.165, 1.54) is 27.5 Å². The molecule has 1 aromatic carbocycles. The molecule has 3 heterocycles. The Morgan fingerprint density at radius 2 is 1.95 bits per heavy atom. The van der Waals surface area contributed by atoms with Gasteiger partial charge in [0.25, 0.3) is 0 Å². The zero-order chi connectivity index (χ0) is 27.9. The van der Waals surface area contributed by atoms with Crippen LogP contribution in [0.5, 0.6) is 11.5 Å². The third-order valence-corrected chi connectivity index (χ3v) is 7.85. The Hall–Kier alpha value is -4.19. The van der Waals surface area contributed by atoms with E-state index in [1.54, 1.807) is 50.8 Å². The van der Waals surface area contributed by atoms with Gasteiger partial charge in [-0.2, -0.15) is 4.80 Å². The first-order valence-electron chi connectivity index (χ1n) is 13.2. The topological polar surface area (TPSA) is 125 Å². The van der Waals surface area contributed by atoms with Crippen LogP contribution in [-0.2, 0) is 22.7 Å². The molecule has 0 aliphatic heterocycles. The molecule has 1 atom stereocenters. The molecule has 0 saturated heterocycles. The van der Waals surface area contributed by atoms with Crippen LogP contribution in [0.25, 0.3) is 11.4 Å². The standard InChI is InChI=1S/C28H32N6O5S/c1-37-22-13-12-19(16-23(22)38-2)27-30-32-34(31-27)18-25(35)33(17-21-10-6-14-39-21)26(24-11-7-15-40-24)28(36)29-20-8-4-3-5-9-20/h6-7,10-16,20,26H,3-5,8-9,17-18H2,1-2H3,(H,29,36)/t26-/m0/s1. The molecule has 11 nitrogen and oxygen atoms in total. The predicted molar refractivity (Wildman–Crippen MR) is 148 cm³/mol. The molecule has 12 heteroatoms. The number of carbonyl (C=O) groups is 2. The molecule has 1 N–H and O–H groups in total. The van der Waals surface area contributed by atoms with E-state index >= 15 is 0 Å². The molecule has 3 aromatic heterocycles. The maximum Gasteiger partial charge on any atom is 0.248 e. The van der Waals surface area contributed by atoms with Gasteiger partial charge in [0.2, 0.25) is 17.6 Å². The largest absolute Gasteiger partial charge is 0.493 e.